The highest BCUT2D eigenvalue weighted by atomic mass is 19.3. The van der Waals surface area contributed by atoms with Gasteiger partial charge in [0.15, 0.2) is 0 Å². The van der Waals surface area contributed by atoms with Crippen LogP contribution in [0.1, 0.15) is 43.4 Å². The quantitative estimate of drug-likeness (QED) is 0.472. The molecule has 2 aromatic carbocycles. The Kier molecular flexibility index (Phi) is 5.42. The Labute approximate surface area is 144 Å². The minimum Gasteiger partial charge on any atom is -0.457 e. The van der Waals surface area contributed by atoms with E-state index in [1.807, 2.05) is 13.8 Å². The Morgan fingerprint density at radius 3 is 2.28 bits per heavy atom. The van der Waals surface area contributed by atoms with E-state index in [9.17, 15) is 17.6 Å². The monoisotopic (exact) mass is 350 g/mol. The first-order chi connectivity index (χ1) is 11.8. The summed E-state index contributed by atoms with van der Waals surface area (Å²) in [5, 5.41) is 0. The lowest BCUT2D eigenvalue weighted by atomic mass is 9.96. The summed E-state index contributed by atoms with van der Waals surface area (Å²) in [5.74, 6) is -3.18. The first-order valence-corrected chi connectivity index (χ1v) is 7.96. The zero-order valence-corrected chi connectivity index (χ0v) is 14.2. The third-order valence-corrected chi connectivity index (χ3v) is 4.01. The molecule has 0 N–H and O–H groups in total. The van der Waals surface area contributed by atoms with Gasteiger partial charge in [-0.15, -0.1) is 6.42 Å². The molecule has 0 saturated heterocycles. The fraction of sp³-hybridized carbons (Fsp3) is 0.300. The number of alkyl halides is 2. The van der Waals surface area contributed by atoms with Crippen LogP contribution in [0.2, 0.25) is 0 Å². The van der Waals surface area contributed by atoms with Gasteiger partial charge in [0, 0.05) is 41.7 Å². The molecule has 0 spiro atoms. The van der Waals surface area contributed by atoms with Crippen molar-refractivity contribution in [1.29, 1.82) is 0 Å². The summed E-state index contributed by atoms with van der Waals surface area (Å²) in [6.07, 6.45) is 4.86. The molecule has 0 saturated carbocycles. The van der Waals surface area contributed by atoms with E-state index in [4.69, 9.17) is 11.2 Å². The van der Waals surface area contributed by atoms with Gasteiger partial charge >= 0.3 is 0 Å². The number of benzene rings is 2. The second-order valence-corrected chi connectivity index (χ2v) is 5.51. The van der Waals surface area contributed by atoms with Crippen LogP contribution >= 0.6 is 0 Å². The van der Waals surface area contributed by atoms with Crippen LogP contribution in [0.3, 0.4) is 0 Å². The number of hydrogen-bond donors (Lipinski definition) is 0. The maximum absolute atomic E-state index is 14.0. The van der Waals surface area contributed by atoms with Gasteiger partial charge in [0.05, 0.1) is 0 Å². The SMILES string of the molecule is C#Cc1ccc(Oc2cc(F)cc(F)c2)c2c1C(C)C(F)(F)C2.CC. The summed E-state index contributed by atoms with van der Waals surface area (Å²) < 4.78 is 60.0. The molecular formula is C20H18F4O. The first kappa shape index (κ1) is 18.9. The van der Waals surface area contributed by atoms with Gasteiger partial charge in [-0.3, -0.25) is 0 Å². The van der Waals surface area contributed by atoms with Crippen LogP contribution in [-0.4, -0.2) is 5.92 Å². The molecule has 0 aliphatic heterocycles. The van der Waals surface area contributed by atoms with Crippen LogP contribution in [0.15, 0.2) is 30.3 Å². The maximum Gasteiger partial charge on any atom is 0.258 e. The topological polar surface area (TPSA) is 9.23 Å². The van der Waals surface area contributed by atoms with E-state index >= 15 is 0 Å². The van der Waals surface area contributed by atoms with E-state index in [0.29, 0.717) is 17.2 Å². The lowest BCUT2D eigenvalue weighted by Gasteiger charge is -2.15. The fourth-order valence-electron chi connectivity index (χ4n) is 2.86. The van der Waals surface area contributed by atoms with Crippen molar-refractivity contribution in [3.63, 3.8) is 0 Å². The number of rotatable bonds is 2. The molecule has 3 rings (SSSR count). The Balaban J connectivity index is 0.00000109. The van der Waals surface area contributed by atoms with E-state index in [2.05, 4.69) is 5.92 Å². The summed E-state index contributed by atoms with van der Waals surface area (Å²) >= 11 is 0. The Morgan fingerprint density at radius 1 is 1.12 bits per heavy atom. The summed E-state index contributed by atoms with van der Waals surface area (Å²) in [6.45, 7) is 5.40. The van der Waals surface area contributed by atoms with Crippen molar-refractivity contribution in [2.45, 2.75) is 39.0 Å². The predicted molar refractivity (Wildman–Crippen MR) is 89.2 cm³/mol. The fourth-order valence-corrected chi connectivity index (χ4v) is 2.86. The van der Waals surface area contributed by atoms with Crippen molar-refractivity contribution >= 4 is 0 Å². The van der Waals surface area contributed by atoms with Crippen molar-refractivity contribution in [3.8, 4) is 23.8 Å². The van der Waals surface area contributed by atoms with E-state index in [-0.39, 0.29) is 17.1 Å². The largest absolute Gasteiger partial charge is 0.457 e. The smallest absolute Gasteiger partial charge is 0.258 e. The molecule has 0 fully saturated rings. The van der Waals surface area contributed by atoms with Crippen molar-refractivity contribution in [3.05, 3.63) is 58.7 Å². The Bertz CT molecular complexity index is 801. The van der Waals surface area contributed by atoms with Crippen LogP contribution in [0.5, 0.6) is 11.5 Å². The molecule has 0 heterocycles. The maximum atomic E-state index is 14.0. The highest BCUT2D eigenvalue weighted by Gasteiger charge is 2.47. The molecule has 1 unspecified atom stereocenters. The average molecular weight is 350 g/mol. The number of ether oxygens (including phenoxy) is 1. The van der Waals surface area contributed by atoms with Gasteiger partial charge in [0.1, 0.15) is 23.1 Å². The van der Waals surface area contributed by atoms with E-state index in [1.54, 1.807) is 0 Å². The number of fused-ring (bicyclic) bond motifs is 1. The molecule has 1 atom stereocenters. The van der Waals surface area contributed by atoms with Gasteiger partial charge in [-0.1, -0.05) is 26.7 Å². The van der Waals surface area contributed by atoms with E-state index in [1.165, 1.54) is 19.1 Å². The minimum atomic E-state index is -2.94. The second kappa shape index (κ2) is 7.18. The molecule has 0 amide bonds. The van der Waals surface area contributed by atoms with Gasteiger partial charge in [-0.2, -0.15) is 0 Å². The van der Waals surface area contributed by atoms with Crippen LogP contribution in [0.25, 0.3) is 0 Å². The van der Waals surface area contributed by atoms with Crippen LogP contribution in [0, 0.1) is 24.0 Å². The molecule has 0 bridgehead atoms. The normalized spacial score (nSPS) is 17.1. The van der Waals surface area contributed by atoms with E-state index < -0.39 is 29.9 Å². The van der Waals surface area contributed by atoms with Crippen molar-refractivity contribution < 1.29 is 22.3 Å². The van der Waals surface area contributed by atoms with Crippen molar-refractivity contribution in [2.75, 3.05) is 0 Å². The molecule has 1 aliphatic rings. The standard InChI is InChI=1S/C18H12F4O.C2H6/c1-3-11-4-5-16(15-9-18(21,22)10(2)17(11)15)23-14-7-12(19)6-13(20)8-14;1-2/h1,4-8,10H,9H2,2H3;1-2H3. The van der Waals surface area contributed by atoms with Gasteiger partial charge in [0.25, 0.3) is 5.92 Å². The second-order valence-electron chi connectivity index (χ2n) is 5.51. The Hall–Kier alpha value is -2.48. The highest BCUT2D eigenvalue weighted by molar-refractivity contribution is 5.57. The van der Waals surface area contributed by atoms with Crippen LogP contribution in [-0.2, 0) is 6.42 Å². The Morgan fingerprint density at radius 2 is 1.72 bits per heavy atom. The molecule has 1 aliphatic carbocycles. The minimum absolute atomic E-state index is 0.0963. The average Bonchev–Trinajstić information content (AvgIpc) is 2.80. The summed E-state index contributed by atoms with van der Waals surface area (Å²) in [6, 6.07) is 5.63. The molecule has 132 valence electrons. The molecule has 1 nitrogen and oxygen atoms in total. The van der Waals surface area contributed by atoms with Crippen molar-refractivity contribution in [1.82, 2.24) is 0 Å². The zero-order chi connectivity index (χ0) is 18.8. The molecule has 25 heavy (non-hydrogen) atoms. The lowest BCUT2D eigenvalue weighted by Crippen LogP contribution is -2.19. The molecule has 0 aromatic heterocycles. The van der Waals surface area contributed by atoms with E-state index in [0.717, 1.165) is 12.1 Å². The first-order valence-electron chi connectivity index (χ1n) is 7.96. The number of halogens is 4. The highest BCUT2D eigenvalue weighted by Crippen LogP contribution is 2.49. The van der Waals surface area contributed by atoms with Crippen LogP contribution in [0.4, 0.5) is 17.6 Å². The van der Waals surface area contributed by atoms with Gasteiger partial charge < -0.3 is 4.74 Å². The van der Waals surface area contributed by atoms with Gasteiger partial charge in [-0.05, 0) is 17.7 Å². The van der Waals surface area contributed by atoms with Gasteiger partial charge in [0.2, 0.25) is 0 Å². The predicted octanol–water partition coefficient (Wildman–Crippen LogP) is 6.06. The summed E-state index contributed by atoms with van der Waals surface area (Å²) in [5.41, 5.74) is 1.01. The third-order valence-electron chi connectivity index (χ3n) is 4.01. The lowest BCUT2D eigenvalue weighted by molar-refractivity contribution is -0.0100. The third kappa shape index (κ3) is 3.63. The molecular weight excluding hydrogens is 332 g/mol. The summed E-state index contributed by atoms with van der Waals surface area (Å²) in [7, 11) is 0. The molecule has 2 aromatic rings. The molecule has 0 radical (unpaired) electrons. The van der Waals surface area contributed by atoms with Crippen molar-refractivity contribution in [2.24, 2.45) is 0 Å². The molecule has 5 heteroatoms. The number of hydrogen-bond acceptors (Lipinski definition) is 1. The van der Waals surface area contributed by atoms with Crippen LogP contribution < -0.4 is 4.74 Å². The number of terminal acetylenes is 1. The van der Waals surface area contributed by atoms with Gasteiger partial charge in [-0.25, -0.2) is 17.6 Å². The zero-order valence-electron chi connectivity index (χ0n) is 14.2. The summed E-state index contributed by atoms with van der Waals surface area (Å²) in [4.78, 5) is 0.